The summed E-state index contributed by atoms with van der Waals surface area (Å²) >= 11 is 0. The largest absolute Gasteiger partial charge is 0.486 e. The van der Waals surface area contributed by atoms with E-state index in [-0.39, 0.29) is 5.91 Å². The maximum atomic E-state index is 11.1. The van der Waals surface area contributed by atoms with Gasteiger partial charge in [-0.15, -0.1) is 0 Å². The van der Waals surface area contributed by atoms with Gasteiger partial charge in [-0.3, -0.25) is 15.0 Å². The number of hydrogen-bond donors (Lipinski definition) is 1. The minimum Gasteiger partial charge on any atom is -0.486 e. The van der Waals surface area contributed by atoms with Crippen LogP contribution < -0.4 is 14.8 Å². The van der Waals surface area contributed by atoms with E-state index in [9.17, 15) is 4.79 Å². The summed E-state index contributed by atoms with van der Waals surface area (Å²) in [6.45, 7) is 4.65. The highest BCUT2D eigenvalue weighted by molar-refractivity contribution is 5.86. The van der Waals surface area contributed by atoms with E-state index in [0.29, 0.717) is 25.2 Å². The fraction of sp³-hybridized carbons (Fsp3) is 0.320. The molecular weight excluding hydrogens is 404 g/mol. The lowest BCUT2D eigenvalue weighted by Gasteiger charge is -2.26. The Bertz CT molecular complexity index is 1100. The molecule has 164 valence electrons. The molecule has 1 aromatic heterocycles. The van der Waals surface area contributed by atoms with Crippen LogP contribution in [0.15, 0.2) is 54.9 Å². The minimum atomic E-state index is -0.182. The van der Waals surface area contributed by atoms with Gasteiger partial charge in [0.05, 0.1) is 0 Å². The third-order valence-electron chi connectivity index (χ3n) is 5.93. The van der Waals surface area contributed by atoms with Crippen LogP contribution in [-0.2, 0) is 11.3 Å². The molecule has 32 heavy (non-hydrogen) atoms. The summed E-state index contributed by atoms with van der Waals surface area (Å²) in [5, 5.41) is 2.59. The maximum Gasteiger partial charge on any atom is 0.229 e. The van der Waals surface area contributed by atoms with Crippen molar-refractivity contribution >= 4 is 11.9 Å². The average molecular weight is 431 g/mol. The normalized spacial score (nSPS) is 17.8. The van der Waals surface area contributed by atoms with Crippen LogP contribution in [-0.4, -0.2) is 40.5 Å². The van der Waals surface area contributed by atoms with Crippen molar-refractivity contribution in [3.8, 4) is 22.6 Å². The first-order valence-electron chi connectivity index (χ1n) is 11.0. The van der Waals surface area contributed by atoms with E-state index in [1.807, 2.05) is 6.07 Å². The second-order valence-electron chi connectivity index (χ2n) is 8.21. The molecule has 0 aliphatic carbocycles. The molecule has 1 N–H and O–H groups in total. The fourth-order valence-corrected chi connectivity index (χ4v) is 4.40. The number of benzene rings is 2. The third kappa shape index (κ3) is 4.43. The summed E-state index contributed by atoms with van der Waals surface area (Å²) in [6.07, 6.45) is 5.79. The zero-order chi connectivity index (χ0) is 21.9. The highest BCUT2D eigenvalue weighted by atomic mass is 16.6. The molecule has 1 atom stereocenters. The predicted octanol–water partition coefficient (Wildman–Crippen LogP) is 4.21. The molecule has 0 radical (unpaired) electrons. The molecule has 0 bridgehead atoms. The molecule has 0 unspecified atom stereocenters. The van der Waals surface area contributed by atoms with E-state index in [0.717, 1.165) is 42.1 Å². The standard InChI is InChI=1S/C25H26N4O3/c1-17(30)28-25-26-14-21(15-27-25)19-6-4-18(5-7-19)16-29-10-2-3-22(29)20-8-9-23-24(13-20)32-12-11-31-23/h4-9,13-15,22H,2-3,10-12,16H2,1H3,(H,26,27,28,30)/t22-/m1/s1. The number of hydrogen-bond acceptors (Lipinski definition) is 6. The van der Waals surface area contributed by atoms with Gasteiger partial charge < -0.3 is 9.47 Å². The summed E-state index contributed by atoms with van der Waals surface area (Å²) in [6, 6.07) is 15.3. The number of carbonyl (C=O) groups excluding carboxylic acids is 1. The van der Waals surface area contributed by atoms with Gasteiger partial charge in [0, 0.05) is 37.5 Å². The van der Waals surface area contributed by atoms with E-state index >= 15 is 0 Å². The molecular formula is C25H26N4O3. The number of ether oxygens (including phenoxy) is 2. The van der Waals surface area contributed by atoms with Crippen LogP contribution in [0.2, 0.25) is 0 Å². The van der Waals surface area contributed by atoms with Crippen molar-refractivity contribution in [2.24, 2.45) is 0 Å². The smallest absolute Gasteiger partial charge is 0.229 e. The maximum absolute atomic E-state index is 11.1. The molecule has 7 heteroatoms. The van der Waals surface area contributed by atoms with Gasteiger partial charge in [0.15, 0.2) is 11.5 Å². The van der Waals surface area contributed by atoms with Crippen molar-refractivity contribution in [3.05, 3.63) is 66.0 Å². The van der Waals surface area contributed by atoms with Gasteiger partial charge in [-0.2, -0.15) is 0 Å². The Labute approximate surface area is 187 Å². The fourth-order valence-electron chi connectivity index (χ4n) is 4.40. The first-order chi connectivity index (χ1) is 15.7. The van der Waals surface area contributed by atoms with Crippen molar-refractivity contribution in [1.29, 1.82) is 0 Å². The summed E-state index contributed by atoms with van der Waals surface area (Å²) in [7, 11) is 0. The van der Waals surface area contributed by atoms with Gasteiger partial charge in [-0.1, -0.05) is 30.3 Å². The van der Waals surface area contributed by atoms with Crippen molar-refractivity contribution in [1.82, 2.24) is 14.9 Å². The van der Waals surface area contributed by atoms with E-state index in [1.54, 1.807) is 12.4 Å². The number of carbonyl (C=O) groups is 1. The first kappa shape index (κ1) is 20.5. The summed E-state index contributed by atoms with van der Waals surface area (Å²) in [5.74, 6) is 1.83. The van der Waals surface area contributed by atoms with Crippen LogP contribution in [0.5, 0.6) is 11.5 Å². The van der Waals surface area contributed by atoms with Crippen molar-refractivity contribution in [3.63, 3.8) is 0 Å². The highest BCUT2D eigenvalue weighted by Gasteiger charge is 2.27. The average Bonchev–Trinajstić information content (AvgIpc) is 3.27. The first-order valence-corrected chi connectivity index (χ1v) is 11.0. The van der Waals surface area contributed by atoms with E-state index in [1.165, 1.54) is 24.5 Å². The van der Waals surface area contributed by atoms with Crippen molar-refractivity contribution < 1.29 is 14.3 Å². The molecule has 1 amide bonds. The number of nitrogens with one attached hydrogen (secondary N) is 1. The molecule has 2 aliphatic rings. The molecule has 2 aromatic carbocycles. The van der Waals surface area contributed by atoms with Gasteiger partial charge in [-0.25, -0.2) is 9.97 Å². The summed E-state index contributed by atoms with van der Waals surface area (Å²) in [4.78, 5) is 22.1. The quantitative estimate of drug-likeness (QED) is 0.653. The molecule has 2 aliphatic heterocycles. The van der Waals surface area contributed by atoms with Gasteiger partial charge in [-0.05, 0) is 48.2 Å². The van der Waals surface area contributed by atoms with Gasteiger partial charge >= 0.3 is 0 Å². The zero-order valence-corrected chi connectivity index (χ0v) is 18.1. The Morgan fingerprint density at radius 2 is 1.78 bits per heavy atom. The summed E-state index contributed by atoms with van der Waals surface area (Å²) < 4.78 is 11.5. The van der Waals surface area contributed by atoms with Gasteiger partial charge in [0.25, 0.3) is 0 Å². The Hall–Kier alpha value is -3.45. The molecule has 5 rings (SSSR count). The van der Waals surface area contributed by atoms with E-state index in [2.05, 4.69) is 56.6 Å². The lowest BCUT2D eigenvalue weighted by atomic mass is 10.0. The topological polar surface area (TPSA) is 76.6 Å². The van der Waals surface area contributed by atoms with Crippen LogP contribution >= 0.6 is 0 Å². The molecule has 3 aromatic rings. The van der Waals surface area contributed by atoms with Crippen molar-refractivity contribution in [2.75, 3.05) is 25.1 Å². The lowest BCUT2D eigenvalue weighted by molar-refractivity contribution is -0.114. The number of anilines is 1. The number of likely N-dealkylation sites (tertiary alicyclic amines) is 1. The minimum absolute atomic E-state index is 0.182. The predicted molar refractivity (Wildman–Crippen MR) is 122 cm³/mol. The molecule has 3 heterocycles. The number of amides is 1. The molecule has 0 saturated carbocycles. The van der Waals surface area contributed by atoms with Gasteiger partial charge in [0.1, 0.15) is 13.2 Å². The number of rotatable bonds is 5. The van der Waals surface area contributed by atoms with E-state index in [4.69, 9.17) is 9.47 Å². The third-order valence-corrected chi connectivity index (χ3v) is 5.93. The Morgan fingerprint density at radius 3 is 2.53 bits per heavy atom. The van der Waals surface area contributed by atoms with Crippen LogP contribution in [0.4, 0.5) is 5.95 Å². The van der Waals surface area contributed by atoms with Crippen molar-refractivity contribution in [2.45, 2.75) is 32.4 Å². The van der Waals surface area contributed by atoms with Crippen LogP contribution in [0, 0.1) is 0 Å². The number of aromatic nitrogens is 2. The number of nitrogens with zero attached hydrogens (tertiary/aromatic N) is 3. The Kier molecular flexibility index (Phi) is 5.73. The highest BCUT2D eigenvalue weighted by Crippen LogP contribution is 2.38. The monoisotopic (exact) mass is 430 g/mol. The SMILES string of the molecule is CC(=O)Nc1ncc(-c2ccc(CN3CCC[C@@H]3c3ccc4c(c3)OCCO4)cc2)cn1. The Morgan fingerprint density at radius 1 is 1.03 bits per heavy atom. The second kappa shape index (κ2) is 8.96. The summed E-state index contributed by atoms with van der Waals surface area (Å²) in [5.41, 5.74) is 4.53. The van der Waals surface area contributed by atoms with Crippen LogP contribution in [0.3, 0.4) is 0 Å². The van der Waals surface area contributed by atoms with Crippen LogP contribution in [0.1, 0.15) is 36.9 Å². The zero-order valence-electron chi connectivity index (χ0n) is 18.1. The lowest BCUT2D eigenvalue weighted by Crippen LogP contribution is -2.23. The molecule has 1 fully saturated rings. The van der Waals surface area contributed by atoms with Crippen LogP contribution in [0.25, 0.3) is 11.1 Å². The molecule has 7 nitrogen and oxygen atoms in total. The molecule has 1 saturated heterocycles. The number of fused-ring (bicyclic) bond motifs is 1. The molecule has 0 spiro atoms. The second-order valence-corrected chi connectivity index (χ2v) is 8.21. The van der Waals surface area contributed by atoms with E-state index < -0.39 is 0 Å². The van der Waals surface area contributed by atoms with Gasteiger partial charge in [0.2, 0.25) is 11.9 Å². The Balaban J connectivity index is 1.27.